The lowest BCUT2D eigenvalue weighted by molar-refractivity contribution is -0.124. The van der Waals surface area contributed by atoms with E-state index in [1.165, 1.54) is 0 Å². The van der Waals surface area contributed by atoms with Gasteiger partial charge in [0.2, 0.25) is 11.8 Å². The molecule has 5 nitrogen and oxygen atoms in total. The number of benzene rings is 2. The average molecular weight is 392 g/mol. The maximum Gasteiger partial charge on any atom is 0.240 e. The van der Waals surface area contributed by atoms with Gasteiger partial charge in [-0.15, -0.1) is 0 Å². The molecule has 2 N–H and O–H groups in total. The Balaban J connectivity index is 1.82. The van der Waals surface area contributed by atoms with Crippen molar-refractivity contribution in [3.8, 4) is 0 Å². The fraction of sp³-hybridized carbons (Fsp3) is 0.211. The van der Waals surface area contributed by atoms with Crippen molar-refractivity contribution in [2.45, 2.75) is 26.7 Å². The lowest BCUT2D eigenvalue weighted by atomic mass is 10.1. The Morgan fingerprint density at radius 2 is 1.65 bits per heavy atom. The molecule has 2 rings (SSSR count). The Hall–Kier alpha value is -2.37. The second-order valence-electron chi connectivity index (χ2n) is 5.70. The van der Waals surface area contributed by atoms with Crippen LogP contribution in [-0.2, 0) is 9.59 Å². The van der Waals surface area contributed by atoms with E-state index in [9.17, 15) is 9.59 Å². The maximum absolute atomic E-state index is 12.0. The summed E-state index contributed by atoms with van der Waals surface area (Å²) in [5, 5.41) is 7.99. The standard InChI is InChI=1S/C19H19Cl2N3O2/c1-12-16(21)4-3-5-17(12)22-18(25)10-11-19(26)24-23-13(2)14-6-8-15(20)9-7-14/h3-9H,10-11H2,1-2H3,(H,22,25)(H,24,26). The third-order valence-electron chi connectivity index (χ3n) is 3.73. The minimum atomic E-state index is -0.337. The van der Waals surface area contributed by atoms with E-state index in [2.05, 4.69) is 15.8 Å². The zero-order valence-corrected chi connectivity index (χ0v) is 16.0. The van der Waals surface area contributed by atoms with Gasteiger partial charge in [-0.05, 0) is 49.2 Å². The van der Waals surface area contributed by atoms with Crippen LogP contribution in [0.25, 0.3) is 0 Å². The molecular weight excluding hydrogens is 373 g/mol. The number of hydrogen-bond donors (Lipinski definition) is 2. The summed E-state index contributed by atoms with van der Waals surface area (Å²) in [7, 11) is 0. The molecule has 0 saturated heterocycles. The molecule has 2 aromatic rings. The van der Waals surface area contributed by atoms with Crippen LogP contribution in [0.3, 0.4) is 0 Å². The topological polar surface area (TPSA) is 70.6 Å². The Kier molecular flexibility index (Phi) is 7.18. The molecule has 0 atom stereocenters. The van der Waals surface area contributed by atoms with E-state index in [-0.39, 0.29) is 24.7 Å². The second kappa shape index (κ2) is 9.36. The first kappa shape index (κ1) is 19.9. The number of hydrogen-bond acceptors (Lipinski definition) is 3. The largest absolute Gasteiger partial charge is 0.326 e. The SMILES string of the molecule is CC(=NNC(=O)CCC(=O)Nc1cccc(Cl)c1C)c1ccc(Cl)cc1. The molecule has 0 unspecified atom stereocenters. The minimum Gasteiger partial charge on any atom is -0.326 e. The van der Waals surface area contributed by atoms with E-state index in [1.54, 1.807) is 37.3 Å². The van der Waals surface area contributed by atoms with Gasteiger partial charge in [0, 0.05) is 28.6 Å². The van der Waals surface area contributed by atoms with Crippen LogP contribution in [0.5, 0.6) is 0 Å². The third-order valence-corrected chi connectivity index (χ3v) is 4.39. The molecule has 26 heavy (non-hydrogen) atoms. The molecule has 0 aliphatic heterocycles. The molecule has 0 aromatic heterocycles. The Bertz CT molecular complexity index is 833. The highest BCUT2D eigenvalue weighted by Gasteiger charge is 2.09. The molecule has 0 aliphatic rings. The number of carbonyl (C=O) groups excluding carboxylic acids is 2. The number of hydrazone groups is 1. The number of amides is 2. The van der Waals surface area contributed by atoms with Crippen molar-refractivity contribution in [1.29, 1.82) is 0 Å². The first-order valence-electron chi connectivity index (χ1n) is 8.01. The molecule has 7 heteroatoms. The third kappa shape index (κ3) is 5.86. The molecule has 0 spiro atoms. The summed E-state index contributed by atoms with van der Waals surface area (Å²) < 4.78 is 0. The monoisotopic (exact) mass is 391 g/mol. The average Bonchev–Trinajstić information content (AvgIpc) is 2.62. The normalized spacial score (nSPS) is 11.2. The molecule has 136 valence electrons. The minimum absolute atomic E-state index is 0.0306. The van der Waals surface area contributed by atoms with Crippen LogP contribution < -0.4 is 10.7 Å². The Morgan fingerprint density at radius 3 is 2.35 bits per heavy atom. The van der Waals surface area contributed by atoms with Gasteiger partial charge in [0.25, 0.3) is 0 Å². The van der Waals surface area contributed by atoms with Gasteiger partial charge in [-0.1, -0.05) is 41.4 Å². The Labute approximate surface area is 162 Å². The van der Waals surface area contributed by atoms with Gasteiger partial charge in [-0.25, -0.2) is 5.43 Å². The summed E-state index contributed by atoms with van der Waals surface area (Å²) in [5.41, 5.74) is 5.37. The summed E-state index contributed by atoms with van der Waals surface area (Å²) in [4.78, 5) is 23.9. The lowest BCUT2D eigenvalue weighted by Gasteiger charge is -2.09. The zero-order chi connectivity index (χ0) is 19.1. The van der Waals surface area contributed by atoms with E-state index in [4.69, 9.17) is 23.2 Å². The molecule has 0 heterocycles. The predicted octanol–water partition coefficient (Wildman–Crippen LogP) is 4.56. The van der Waals surface area contributed by atoms with E-state index in [0.717, 1.165) is 11.1 Å². The molecular formula is C19H19Cl2N3O2. The van der Waals surface area contributed by atoms with E-state index >= 15 is 0 Å². The van der Waals surface area contributed by atoms with Gasteiger partial charge < -0.3 is 5.32 Å². The summed E-state index contributed by atoms with van der Waals surface area (Å²) in [6.45, 7) is 3.59. The van der Waals surface area contributed by atoms with E-state index < -0.39 is 0 Å². The number of carbonyl (C=O) groups is 2. The number of anilines is 1. The van der Waals surface area contributed by atoms with Crippen LogP contribution >= 0.6 is 23.2 Å². The first-order chi connectivity index (χ1) is 12.4. The van der Waals surface area contributed by atoms with Crippen molar-refractivity contribution in [3.63, 3.8) is 0 Å². The molecule has 0 bridgehead atoms. The Morgan fingerprint density at radius 1 is 1.00 bits per heavy atom. The smallest absolute Gasteiger partial charge is 0.240 e. The zero-order valence-electron chi connectivity index (χ0n) is 14.5. The lowest BCUT2D eigenvalue weighted by Crippen LogP contribution is -2.22. The van der Waals surface area contributed by atoms with Crippen molar-refractivity contribution in [2.75, 3.05) is 5.32 Å². The molecule has 2 amide bonds. The number of rotatable bonds is 6. The highest BCUT2D eigenvalue weighted by atomic mass is 35.5. The summed E-state index contributed by atoms with van der Waals surface area (Å²) in [6.07, 6.45) is 0.0795. The van der Waals surface area contributed by atoms with E-state index in [1.807, 2.05) is 19.1 Å². The van der Waals surface area contributed by atoms with Gasteiger partial charge in [-0.2, -0.15) is 5.10 Å². The molecule has 0 fully saturated rings. The van der Waals surface area contributed by atoms with Crippen molar-refractivity contribution in [2.24, 2.45) is 5.10 Å². The van der Waals surface area contributed by atoms with Crippen LogP contribution in [0, 0.1) is 6.92 Å². The van der Waals surface area contributed by atoms with Gasteiger partial charge in [0.15, 0.2) is 0 Å². The summed E-state index contributed by atoms with van der Waals surface area (Å²) in [5.74, 6) is -0.597. The highest BCUT2D eigenvalue weighted by Crippen LogP contribution is 2.23. The first-order valence-corrected chi connectivity index (χ1v) is 8.76. The predicted molar refractivity (Wildman–Crippen MR) is 106 cm³/mol. The number of nitrogens with zero attached hydrogens (tertiary/aromatic N) is 1. The molecule has 2 aromatic carbocycles. The van der Waals surface area contributed by atoms with Gasteiger partial charge in [0.05, 0.1) is 5.71 Å². The maximum atomic E-state index is 12.0. The van der Waals surface area contributed by atoms with Crippen LogP contribution in [0.1, 0.15) is 30.9 Å². The molecule has 0 saturated carbocycles. The van der Waals surface area contributed by atoms with E-state index in [0.29, 0.717) is 21.4 Å². The molecule has 0 radical (unpaired) electrons. The van der Waals surface area contributed by atoms with Crippen molar-refractivity contribution >= 4 is 46.4 Å². The fourth-order valence-corrected chi connectivity index (χ4v) is 2.44. The van der Waals surface area contributed by atoms with Gasteiger partial charge >= 0.3 is 0 Å². The van der Waals surface area contributed by atoms with Crippen molar-refractivity contribution < 1.29 is 9.59 Å². The quantitative estimate of drug-likeness (QED) is 0.559. The van der Waals surface area contributed by atoms with Crippen LogP contribution in [0.2, 0.25) is 10.0 Å². The number of halogens is 2. The number of nitrogens with one attached hydrogen (secondary N) is 2. The second-order valence-corrected chi connectivity index (χ2v) is 6.54. The van der Waals surface area contributed by atoms with Gasteiger partial charge in [-0.3, -0.25) is 9.59 Å². The summed E-state index contributed by atoms with van der Waals surface area (Å²) in [6, 6.07) is 12.4. The highest BCUT2D eigenvalue weighted by molar-refractivity contribution is 6.31. The van der Waals surface area contributed by atoms with Crippen LogP contribution in [0.4, 0.5) is 5.69 Å². The fourth-order valence-electron chi connectivity index (χ4n) is 2.14. The van der Waals surface area contributed by atoms with Crippen LogP contribution in [0.15, 0.2) is 47.6 Å². The van der Waals surface area contributed by atoms with Crippen molar-refractivity contribution in [3.05, 3.63) is 63.6 Å². The van der Waals surface area contributed by atoms with Crippen molar-refractivity contribution in [1.82, 2.24) is 5.43 Å². The summed E-state index contributed by atoms with van der Waals surface area (Å²) >= 11 is 11.9. The molecule has 0 aliphatic carbocycles. The van der Waals surface area contributed by atoms with Crippen LogP contribution in [-0.4, -0.2) is 17.5 Å². The van der Waals surface area contributed by atoms with Gasteiger partial charge in [0.1, 0.15) is 0 Å².